The summed E-state index contributed by atoms with van der Waals surface area (Å²) in [5.74, 6) is 0. The predicted octanol–water partition coefficient (Wildman–Crippen LogP) is 1.89. The Morgan fingerprint density at radius 2 is 2.60 bits per heavy atom. The number of nitrogens with zero attached hydrogens (tertiary/aromatic N) is 2. The largest absolute Gasteiger partial charge is 0.307 e. The fourth-order valence-corrected chi connectivity index (χ4v) is 2.74. The first kappa shape index (κ1) is 11.0. The summed E-state index contributed by atoms with van der Waals surface area (Å²) in [7, 11) is 2.22. The van der Waals surface area contributed by atoms with E-state index in [0.29, 0.717) is 12.1 Å². The maximum absolute atomic E-state index is 4.32. The van der Waals surface area contributed by atoms with Crippen molar-refractivity contribution in [3.63, 3.8) is 0 Å². The SMILES string of the molecule is CC(NCC1CCCN1C)c1cscn1. The summed E-state index contributed by atoms with van der Waals surface area (Å²) in [6.45, 7) is 4.51. The molecule has 1 aliphatic heterocycles. The van der Waals surface area contributed by atoms with E-state index in [2.05, 4.69) is 34.6 Å². The molecule has 84 valence electrons. The molecule has 3 nitrogen and oxygen atoms in total. The molecule has 2 heterocycles. The molecule has 0 spiro atoms. The Morgan fingerprint density at radius 3 is 3.20 bits per heavy atom. The second-order valence-corrected chi connectivity index (χ2v) is 5.04. The molecule has 1 saturated heterocycles. The zero-order valence-corrected chi connectivity index (χ0v) is 10.3. The van der Waals surface area contributed by atoms with Crippen LogP contribution in [-0.4, -0.2) is 36.1 Å². The van der Waals surface area contributed by atoms with Crippen molar-refractivity contribution in [2.24, 2.45) is 0 Å². The Morgan fingerprint density at radius 1 is 1.73 bits per heavy atom. The van der Waals surface area contributed by atoms with E-state index in [1.54, 1.807) is 11.3 Å². The molecule has 0 radical (unpaired) electrons. The highest BCUT2D eigenvalue weighted by Crippen LogP contribution is 2.16. The molecule has 0 amide bonds. The minimum atomic E-state index is 0.380. The average molecular weight is 225 g/mol. The number of nitrogens with one attached hydrogen (secondary N) is 1. The smallest absolute Gasteiger partial charge is 0.0795 e. The first-order chi connectivity index (χ1) is 7.27. The Labute approximate surface area is 95.5 Å². The van der Waals surface area contributed by atoms with E-state index in [4.69, 9.17) is 0 Å². The number of rotatable bonds is 4. The van der Waals surface area contributed by atoms with Gasteiger partial charge in [0.05, 0.1) is 11.2 Å². The Balaban J connectivity index is 1.78. The molecular weight excluding hydrogens is 206 g/mol. The van der Waals surface area contributed by atoms with Gasteiger partial charge in [0.1, 0.15) is 0 Å². The molecule has 15 heavy (non-hydrogen) atoms. The maximum Gasteiger partial charge on any atom is 0.0795 e. The number of aromatic nitrogens is 1. The number of hydrogen-bond donors (Lipinski definition) is 1. The average Bonchev–Trinajstić information content (AvgIpc) is 2.85. The van der Waals surface area contributed by atoms with E-state index < -0.39 is 0 Å². The van der Waals surface area contributed by atoms with Gasteiger partial charge in [-0.1, -0.05) is 0 Å². The maximum atomic E-state index is 4.32. The minimum absolute atomic E-state index is 0.380. The van der Waals surface area contributed by atoms with Gasteiger partial charge in [-0.2, -0.15) is 0 Å². The lowest BCUT2D eigenvalue weighted by Gasteiger charge is -2.21. The summed E-state index contributed by atoms with van der Waals surface area (Å²) in [6, 6.07) is 1.09. The van der Waals surface area contributed by atoms with Crippen LogP contribution in [0.5, 0.6) is 0 Å². The summed E-state index contributed by atoms with van der Waals surface area (Å²) in [5, 5.41) is 5.68. The molecule has 0 saturated carbocycles. The van der Waals surface area contributed by atoms with E-state index in [0.717, 1.165) is 6.54 Å². The van der Waals surface area contributed by atoms with Gasteiger partial charge >= 0.3 is 0 Å². The second kappa shape index (κ2) is 5.05. The number of thiazole rings is 1. The Bertz CT molecular complexity index is 286. The van der Waals surface area contributed by atoms with Crippen LogP contribution in [-0.2, 0) is 0 Å². The predicted molar refractivity (Wildman–Crippen MR) is 64.2 cm³/mol. The summed E-state index contributed by atoms with van der Waals surface area (Å²) in [5.41, 5.74) is 3.07. The lowest BCUT2D eigenvalue weighted by atomic mass is 10.2. The molecule has 2 rings (SSSR count). The zero-order chi connectivity index (χ0) is 10.7. The fraction of sp³-hybridized carbons (Fsp3) is 0.727. The van der Waals surface area contributed by atoms with Crippen molar-refractivity contribution in [1.29, 1.82) is 0 Å². The quantitative estimate of drug-likeness (QED) is 0.848. The molecule has 2 unspecified atom stereocenters. The van der Waals surface area contributed by atoms with Crippen LogP contribution in [0.3, 0.4) is 0 Å². The monoisotopic (exact) mass is 225 g/mol. The highest BCUT2D eigenvalue weighted by molar-refractivity contribution is 7.07. The third kappa shape index (κ3) is 2.77. The normalized spacial score (nSPS) is 24.5. The topological polar surface area (TPSA) is 28.2 Å². The van der Waals surface area contributed by atoms with Crippen molar-refractivity contribution in [3.8, 4) is 0 Å². The lowest BCUT2D eigenvalue weighted by molar-refractivity contribution is 0.293. The van der Waals surface area contributed by atoms with Crippen LogP contribution in [0.4, 0.5) is 0 Å². The molecule has 1 aromatic heterocycles. The summed E-state index contributed by atoms with van der Waals surface area (Å²) in [4.78, 5) is 6.77. The van der Waals surface area contributed by atoms with E-state index >= 15 is 0 Å². The van der Waals surface area contributed by atoms with Crippen molar-refractivity contribution in [3.05, 3.63) is 16.6 Å². The number of likely N-dealkylation sites (N-methyl/N-ethyl adjacent to an activating group) is 1. The highest BCUT2D eigenvalue weighted by Gasteiger charge is 2.21. The van der Waals surface area contributed by atoms with Crippen LogP contribution >= 0.6 is 11.3 Å². The van der Waals surface area contributed by atoms with Gasteiger partial charge < -0.3 is 10.2 Å². The summed E-state index contributed by atoms with van der Waals surface area (Å²) >= 11 is 1.67. The lowest BCUT2D eigenvalue weighted by Crippen LogP contribution is -2.36. The second-order valence-electron chi connectivity index (χ2n) is 4.32. The van der Waals surface area contributed by atoms with Crippen molar-refractivity contribution >= 4 is 11.3 Å². The van der Waals surface area contributed by atoms with E-state index in [9.17, 15) is 0 Å². The molecule has 1 aliphatic rings. The standard InChI is InChI=1S/C11H19N3S/c1-9(11-7-15-8-13-11)12-6-10-4-3-5-14(10)2/h7-10,12H,3-6H2,1-2H3. The van der Waals surface area contributed by atoms with Crippen molar-refractivity contribution in [2.75, 3.05) is 20.1 Å². The molecular formula is C11H19N3S. The molecule has 4 heteroatoms. The summed E-state index contributed by atoms with van der Waals surface area (Å²) in [6.07, 6.45) is 2.67. The van der Waals surface area contributed by atoms with Crippen molar-refractivity contribution in [2.45, 2.75) is 31.8 Å². The molecule has 1 aromatic rings. The van der Waals surface area contributed by atoms with E-state index in [1.807, 2.05) is 5.51 Å². The highest BCUT2D eigenvalue weighted by atomic mass is 32.1. The van der Waals surface area contributed by atoms with Gasteiger partial charge in [-0.05, 0) is 33.4 Å². The van der Waals surface area contributed by atoms with Gasteiger partial charge in [0, 0.05) is 24.0 Å². The zero-order valence-electron chi connectivity index (χ0n) is 9.44. The van der Waals surface area contributed by atoms with Crippen LogP contribution in [0.25, 0.3) is 0 Å². The molecule has 2 atom stereocenters. The van der Waals surface area contributed by atoms with Crippen molar-refractivity contribution in [1.82, 2.24) is 15.2 Å². The van der Waals surface area contributed by atoms with Gasteiger partial charge in [-0.15, -0.1) is 11.3 Å². The molecule has 1 N–H and O–H groups in total. The van der Waals surface area contributed by atoms with Crippen molar-refractivity contribution < 1.29 is 0 Å². The van der Waals surface area contributed by atoms with Gasteiger partial charge in [0.25, 0.3) is 0 Å². The van der Waals surface area contributed by atoms with Crippen LogP contribution < -0.4 is 5.32 Å². The van der Waals surface area contributed by atoms with Crippen LogP contribution in [0.2, 0.25) is 0 Å². The third-order valence-electron chi connectivity index (χ3n) is 3.23. The Hall–Kier alpha value is -0.450. The number of likely N-dealkylation sites (tertiary alicyclic amines) is 1. The van der Waals surface area contributed by atoms with Crippen LogP contribution in [0.1, 0.15) is 31.5 Å². The minimum Gasteiger partial charge on any atom is -0.307 e. The van der Waals surface area contributed by atoms with E-state index in [-0.39, 0.29) is 0 Å². The van der Waals surface area contributed by atoms with Gasteiger partial charge in [-0.25, -0.2) is 4.98 Å². The molecule has 0 aromatic carbocycles. The number of hydrogen-bond acceptors (Lipinski definition) is 4. The van der Waals surface area contributed by atoms with Gasteiger partial charge in [0.2, 0.25) is 0 Å². The van der Waals surface area contributed by atoms with Crippen LogP contribution in [0, 0.1) is 0 Å². The molecule has 0 aliphatic carbocycles. The van der Waals surface area contributed by atoms with Gasteiger partial charge in [0.15, 0.2) is 0 Å². The Kier molecular flexibility index (Phi) is 3.72. The molecule has 1 fully saturated rings. The van der Waals surface area contributed by atoms with Crippen LogP contribution in [0.15, 0.2) is 10.9 Å². The third-order valence-corrected chi connectivity index (χ3v) is 3.83. The van der Waals surface area contributed by atoms with E-state index in [1.165, 1.54) is 25.1 Å². The molecule has 0 bridgehead atoms. The first-order valence-corrected chi connectivity index (χ1v) is 6.53. The van der Waals surface area contributed by atoms with Gasteiger partial charge in [-0.3, -0.25) is 0 Å². The fourth-order valence-electron chi connectivity index (χ4n) is 2.09. The summed E-state index contributed by atoms with van der Waals surface area (Å²) < 4.78 is 0. The first-order valence-electron chi connectivity index (χ1n) is 5.59.